The second-order valence-corrected chi connectivity index (χ2v) is 6.88. The zero-order valence-electron chi connectivity index (χ0n) is 16.5. The minimum Gasteiger partial charge on any atom is -0.332 e. The van der Waals surface area contributed by atoms with E-state index in [0.29, 0.717) is 24.3 Å². The molecule has 1 aromatic heterocycles. The fourth-order valence-electron chi connectivity index (χ4n) is 3.08. The first-order valence-corrected chi connectivity index (χ1v) is 9.33. The minimum atomic E-state index is -0.539. The number of hydrogen-bond acceptors (Lipinski definition) is 4. The quantitative estimate of drug-likeness (QED) is 0.652. The Hall–Kier alpha value is -3.72. The molecule has 1 heterocycles. The first-order chi connectivity index (χ1) is 14.0. The van der Waals surface area contributed by atoms with Crippen molar-refractivity contribution in [1.29, 1.82) is 5.26 Å². The topological polar surface area (TPSA) is 79.0 Å². The number of rotatable bonds is 6. The summed E-state index contributed by atoms with van der Waals surface area (Å²) in [6.07, 6.45) is 0. The van der Waals surface area contributed by atoms with Gasteiger partial charge in [-0.25, -0.2) is 4.68 Å². The Balaban J connectivity index is 1.90. The molecule has 0 aliphatic heterocycles. The molecule has 2 aromatic carbocycles. The van der Waals surface area contributed by atoms with Crippen molar-refractivity contribution >= 4 is 5.91 Å². The highest BCUT2D eigenvalue weighted by molar-refractivity contribution is 5.76. The zero-order valence-corrected chi connectivity index (χ0v) is 16.5. The number of carbonyl (C=O) groups excluding carboxylic acids is 1. The Kier molecular flexibility index (Phi) is 6.20. The van der Waals surface area contributed by atoms with Crippen LogP contribution in [0, 0.1) is 25.2 Å². The van der Waals surface area contributed by atoms with E-state index in [2.05, 4.69) is 5.10 Å². The van der Waals surface area contributed by atoms with Crippen LogP contribution in [0.25, 0.3) is 0 Å². The molecule has 0 atom stereocenters. The van der Waals surface area contributed by atoms with Gasteiger partial charge in [-0.05, 0) is 30.5 Å². The molecule has 0 saturated heterocycles. The van der Waals surface area contributed by atoms with Gasteiger partial charge in [-0.3, -0.25) is 9.59 Å². The molecule has 0 fully saturated rings. The molecular formula is C23H22N4O2. The molecule has 6 heteroatoms. The third-order valence-corrected chi connectivity index (χ3v) is 4.82. The molecule has 0 radical (unpaired) electrons. The van der Waals surface area contributed by atoms with Gasteiger partial charge >= 0.3 is 0 Å². The zero-order chi connectivity index (χ0) is 20.8. The summed E-state index contributed by atoms with van der Waals surface area (Å²) in [5, 5.41) is 13.5. The SMILES string of the molecule is Cc1nn(CC(=O)N(Cc2ccccc2)Cc2ccccc2)c(=O)c(C#N)c1C. The summed E-state index contributed by atoms with van der Waals surface area (Å²) in [6.45, 7) is 4.03. The lowest BCUT2D eigenvalue weighted by Gasteiger charge is -2.23. The van der Waals surface area contributed by atoms with E-state index in [1.165, 1.54) is 0 Å². The predicted molar refractivity (Wildman–Crippen MR) is 110 cm³/mol. The Morgan fingerprint density at radius 1 is 1.00 bits per heavy atom. The molecular weight excluding hydrogens is 364 g/mol. The third-order valence-electron chi connectivity index (χ3n) is 4.82. The molecule has 146 valence electrons. The van der Waals surface area contributed by atoms with E-state index in [0.717, 1.165) is 15.8 Å². The first kappa shape index (κ1) is 20.0. The lowest BCUT2D eigenvalue weighted by Crippen LogP contribution is -2.38. The van der Waals surface area contributed by atoms with Gasteiger partial charge in [0.2, 0.25) is 5.91 Å². The van der Waals surface area contributed by atoms with Crippen molar-refractivity contribution in [3.63, 3.8) is 0 Å². The summed E-state index contributed by atoms with van der Waals surface area (Å²) in [6, 6.07) is 21.3. The van der Waals surface area contributed by atoms with E-state index in [1.54, 1.807) is 18.7 Å². The Bertz CT molecular complexity index is 1060. The van der Waals surface area contributed by atoms with Crippen molar-refractivity contribution in [1.82, 2.24) is 14.7 Å². The monoisotopic (exact) mass is 386 g/mol. The van der Waals surface area contributed by atoms with Gasteiger partial charge in [0, 0.05) is 13.1 Å². The maximum Gasteiger partial charge on any atom is 0.285 e. The summed E-state index contributed by atoms with van der Waals surface area (Å²) in [5.41, 5.74) is 2.59. The van der Waals surface area contributed by atoms with Gasteiger partial charge in [-0.2, -0.15) is 10.4 Å². The van der Waals surface area contributed by atoms with Crippen LogP contribution in [0.1, 0.15) is 27.9 Å². The van der Waals surface area contributed by atoms with E-state index in [4.69, 9.17) is 0 Å². The largest absolute Gasteiger partial charge is 0.332 e. The normalized spacial score (nSPS) is 10.4. The molecule has 1 amide bonds. The summed E-state index contributed by atoms with van der Waals surface area (Å²) >= 11 is 0. The molecule has 0 saturated carbocycles. The number of nitriles is 1. The number of aromatic nitrogens is 2. The average molecular weight is 386 g/mol. The standard InChI is InChI=1S/C23H22N4O2/c1-17-18(2)25-27(23(29)21(17)13-24)16-22(28)26(14-19-9-5-3-6-10-19)15-20-11-7-4-8-12-20/h3-12H,14-16H2,1-2H3. The van der Waals surface area contributed by atoms with Crippen LogP contribution in [0.5, 0.6) is 0 Å². The number of hydrogen-bond donors (Lipinski definition) is 0. The number of nitrogens with zero attached hydrogens (tertiary/aromatic N) is 4. The van der Waals surface area contributed by atoms with Crippen LogP contribution in [-0.4, -0.2) is 20.6 Å². The highest BCUT2D eigenvalue weighted by Crippen LogP contribution is 2.11. The van der Waals surface area contributed by atoms with Crippen molar-refractivity contribution in [2.24, 2.45) is 0 Å². The van der Waals surface area contributed by atoms with Crippen molar-refractivity contribution in [3.8, 4) is 6.07 Å². The third kappa shape index (κ3) is 4.77. The van der Waals surface area contributed by atoms with Gasteiger partial charge in [0.25, 0.3) is 5.56 Å². The van der Waals surface area contributed by atoms with Gasteiger partial charge in [-0.1, -0.05) is 60.7 Å². The summed E-state index contributed by atoms with van der Waals surface area (Å²) in [5.74, 6) is -0.237. The lowest BCUT2D eigenvalue weighted by molar-refractivity contribution is -0.133. The van der Waals surface area contributed by atoms with E-state index < -0.39 is 5.56 Å². The molecule has 6 nitrogen and oxygen atoms in total. The van der Waals surface area contributed by atoms with Crippen molar-refractivity contribution < 1.29 is 4.79 Å². The Morgan fingerprint density at radius 2 is 1.52 bits per heavy atom. The van der Waals surface area contributed by atoms with Crippen LogP contribution < -0.4 is 5.56 Å². The minimum absolute atomic E-state index is 0.0305. The summed E-state index contributed by atoms with van der Waals surface area (Å²) in [7, 11) is 0. The molecule has 0 aliphatic rings. The number of benzene rings is 2. The molecule has 0 spiro atoms. The summed E-state index contributed by atoms with van der Waals surface area (Å²) in [4.78, 5) is 27.4. The van der Waals surface area contributed by atoms with E-state index in [1.807, 2.05) is 66.7 Å². The highest BCUT2D eigenvalue weighted by atomic mass is 16.2. The van der Waals surface area contributed by atoms with E-state index >= 15 is 0 Å². The second-order valence-electron chi connectivity index (χ2n) is 6.88. The van der Waals surface area contributed by atoms with Crippen LogP contribution in [0.15, 0.2) is 65.5 Å². The Morgan fingerprint density at radius 3 is 2.00 bits per heavy atom. The second kappa shape index (κ2) is 8.98. The maximum absolute atomic E-state index is 13.1. The number of amides is 1. The maximum atomic E-state index is 13.1. The van der Waals surface area contributed by atoms with E-state index in [-0.39, 0.29) is 18.0 Å². The van der Waals surface area contributed by atoms with Crippen molar-refractivity contribution in [3.05, 3.63) is 99.0 Å². The molecule has 0 aliphatic carbocycles. The highest BCUT2D eigenvalue weighted by Gasteiger charge is 2.19. The van der Waals surface area contributed by atoms with Crippen LogP contribution in [-0.2, 0) is 24.4 Å². The number of carbonyl (C=O) groups is 1. The van der Waals surface area contributed by atoms with Crippen LogP contribution in [0.2, 0.25) is 0 Å². The van der Waals surface area contributed by atoms with Gasteiger partial charge < -0.3 is 4.90 Å². The Labute approximate surface area is 169 Å². The van der Waals surface area contributed by atoms with Crippen LogP contribution in [0.4, 0.5) is 0 Å². The van der Waals surface area contributed by atoms with Crippen molar-refractivity contribution in [2.45, 2.75) is 33.5 Å². The van der Waals surface area contributed by atoms with Gasteiger partial charge in [0.15, 0.2) is 0 Å². The van der Waals surface area contributed by atoms with Gasteiger partial charge in [-0.15, -0.1) is 0 Å². The average Bonchev–Trinajstić information content (AvgIpc) is 2.73. The molecule has 0 bridgehead atoms. The molecule has 0 unspecified atom stereocenters. The first-order valence-electron chi connectivity index (χ1n) is 9.33. The predicted octanol–water partition coefficient (Wildman–Crippen LogP) is 2.96. The van der Waals surface area contributed by atoms with Crippen LogP contribution >= 0.6 is 0 Å². The lowest BCUT2D eigenvalue weighted by atomic mass is 10.1. The van der Waals surface area contributed by atoms with E-state index in [9.17, 15) is 14.9 Å². The molecule has 29 heavy (non-hydrogen) atoms. The smallest absolute Gasteiger partial charge is 0.285 e. The fraction of sp³-hybridized carbons (Fsp3) is 0.217. The number of aryl methyl sites for hydroxylation is 1. The fourth-order valence-corrected chi connectivity index (χ4v) is 3.08. The molecule has 3 aromatic rings. The molecule has 3 rings (SSSR count). The van der Waals surface area contributed by atoms with Gasteiger partial charge in [0.05, 0.1) is 5.69 Å². The van der Waals surface area contributed by atoms with Crippen LogP contribution in [0.3, 0.4) is 0 Å². The van der Waals surface area contributed by atoms with Gasteiger partial charge in [0.1, 0.15) is 18.2 Å². The molecule has 0 N–H and O–H groups in total. The summed E-state index contributed by atoms with van der Waals surface area (Å²) < 4.78 is 1.09. The van der Waals surface area contributed by atoms with Crippen molar-refractivity contribution in [2.75, 3.05) is 0 Å².